The van der Waals surface area contributed by atoms with Crippen molar-refractivity contribution in [2.45, 2.75) is 36.9 Å². The van der Waals surface area contributed by atoms with Gasteiger partial charge in [0.25, 0.3) is 5.56 Å². The molecule has 0 aliphatic heterocycles. The van der Waals surface area contributed by atoms with Crippen LogP contribution in [0, 0.1) is 6.92 Å². The summed E-state index contributed by atoms with van der Waals surface area (Å²) in [6.07, 6.45) is 1.08. The van der Waals surface area contributed by atoms with Crippen molar-refractivity contribution in [3.05, 3.63) is 50.9 Å². The van der Waals surface area contributed by atoms with Crippen LogP contribution in [0.4, 0.5) is 0 Å². The molecule has 112 valence electrons. The summed E-state index contributed by atoms with van der Waals surface area (Å²) >= 11 is 7.52. The Kier molecular flexibility index (Phi) is 5.85. The summed E-state index contributed by atoms with van der Waals surface area (Å²) in [5, 5.41) is 4.67. The highest BCUT2D eigenvalue weighted by atomic mass is 35.5. The maximum Gasteiger partial charge on any atom is 0.251 e. The van der Waals surface area contributed by atoms with E-state index in [4.69, 9.17) is 11.6 Å². The Balaban J connectivity index is 2.23. The molecule has 1 aromatic carbocycles. The van der Waals surface area contributed by atoms with Crippen LogP contribution in [0.1, 0.15) is 24.6 Å². The van der Waals surface area contributed by atoms with E-state index in [1.165, 1.54) is 17.8 Å². The number of aromatic amines is 1. The summed E-state index contributed by atoms with van der Waals surface area (Å²) in [5.74, 6) is 0. The topological polar surface area (TPSA) is 57.8 Å². The fourth-order valence-corrected chi connectivity index (χ4v) is 3.03. The molecule has 0 fully saturated rings. The number of aromatic nitrogens is 2. The second-order valence-electron chi connectivity index (χ2n) is 4.72. The average molecular weight is 324 g/mol. The number of nitrogens with zero attached hydrogens (tertiary/aromatic N) is 1. The van der Waals surface area contributed by atoms with Gasteiger partial charge in [0.05, 0.1) is 0 Å². The zero-order valence-corrected chi connectivity index (χ0v) is 13.6. The van der Waals surface area contributed by atoms with E-state index in [9.17, 15) is 4.79 Å². The molecule has 4 nitrogen and oxygen atoms in total. The van der Waals surface area contributed by atoms with Gasteiger partial charge < -0.3 is 10.3 Å². The predicted molar refractivity (Wildman–Crippen MR) is 87.2 cm³/mol. The Morgan fingerprint density at radius 3 is 2.90 bits per heavy atom. The van der Waals surface area contributed by atoms with E-state index in [2.05, 4.69) is 22.2 Å². The van der Waals surface area contributed by atoms with E-state index in [-0.39, 0.29) is 5.56 Å². The minimum absolute atomic E-state index is 0.135. The molecule has 0 spiro atoms. The molecule has 0 saturated heterocycles. The number of rotatable bonds is 6. The molecule has 2 rings (SSSR count). The quantitative estimate of drug-likeness (QED) is 0.632. The third-order valence-corrected chi connectivity index (χ3v) is 4.06. The molecular formula is C15H18ClN3OS. The highest BCUT2D eigenvalue weighted by Gasteiger charge is 2.08. The van der Waals surface area contributed by atoms with Gasteiger partial charge in [-0.3, -0.25) is 4.79 Å². The van der Waals surface area contributed by atoms with Crippen LogP contribution < -0.4 is 10.9 Å². The molecular weight excluding hydrogens is 306 g/mol. The largest absolute Gasteiger partial charge is 0.313 e. The fourth-order valence-electron chi connectivity index (χ4n) is 1.89. The molecule has 0 bridgehead atoms. The highest BCUT2D eigenvalue weighted by molar-refractivity contribution is 7.99. The van der Waals surface area contributed by atoms with Gasteiger partial charge in [0, 0.05) is 28.2 Å². The molecule has 0 atom stereocenters. The number of halogens is 1. The zero-order chi connectivity index (χ0) is 15.2. The summed E-state index contributed by atoms with van der Waals surface area (Å²) in [5.41, 5.74) is 1.68. The Labute approximate surface area is 133 Å². The SMILES string of the molecule is CCCNCc1cc(Cl)ccc1Sc1nc(C)cc(=O)[nH]1. The lowest BCUT2D eigenvalue weighted by atomic mass is 10.2. The average Bonchev–Trinajstić information content (AvgIpc) is 2.41. The third kappa shape index (κ3) is 4.88. The van der Waals surface area contributed by atoms with Gasteiger partial charge in [-0.2, -0.15) is 0 Å². The van der Waals surface area contributed by atoms with E-state index in [1.807, 2.05) is 25.1 Å². The van der Waals surface area contributed by atoms with Crippen LogP contribution in [0.25, 0.3) is 0 Å². The van der Waals surface area contributed by atoms with Gasteiger partial charge in [-0.25, -0.2) is 4.98 Å². The number of nitrogens with one attached hydrogen (secondary N) is 2. The van der Waals surface area contributed by atoms with Crippen LogP contribution in [-0.2, 0) is 6.54 Å². The third-order valence-electron chi connectivity index (χ3n) is 2.82. The monoisotopic (exact) mass is 323 g/mol. The van der Waals surface area contributed by atoms with E-state index in [1.54, 1.807) is 0 Å². The van der Waals surface area contributed by atoms with E-state index >= 15 is 0 Å². The molecule has 0 amide bonds. The van der Waals surface area contributed by atoms with Crippen molar-refractivity contribution in [2.24, 2.45) is 0 Å². The summed E-state index contributed by atoms with van der Waals surface area (Å²) in [6.45, 7) is 5.63. The molecule has 1 heterocycles. The lowest BCUT2D eigenvalue weighted by Crippen LogP contribution is -2.14. The number of hydrogen-bond donors (Lipinski definition) is 2. The van der Waals surface area contributed by atoms with Gasteiger partial charge in [-0.15, -0.1) is 0 Å². The second kappa shape index (κ2) is 7.64. The maximum atomic E-state index is 11.5. The number of benzene rings is 1. The highest BCUT2D eigenvalue weighted by Crippen LogP contribution is 2.29. The minimum Gasteiger partial charge on any atom is -0.313 e. The first-order valence-electron chi connectivity index (χ1n) is 6.83. The van der Waals surface area contributed by atoms with E-state index < -0.39 is 0 Å². The van der Waals surface area contributed by atoms with Gasteiger partial charge in [-0.1, -0.05) is 30.3 Å². The molecule has 0 saturated carbocycles. The zero-order valence-electron chi connectivity index (χ0n) is 12.1. The van der Waals surface area contributed by atoms with Crippen molar-refractivity contribution in [2.75, 3.05) is 6.54 Å². The molecule has 0 unspecified atom stereocenters. The maximum absolute atomic E-state index is 11.5. The Morgan fingerprint density at radius 2 is 2.19 bits per heavy atom. The van der Waals surface area contributed by atoms with Crippen LogP contribution in [0.2, 0.25) is 5.02 Å². The minimum atomic E-state index is -0.135. The van der Waals surface area contributed by atoms with Crippen LogP contribution in [-0.4, -0.2) is 16.5 Å². The molecule has 2 aromatic rings. The molecule has 2 N–H and O–H groups in total. The van der Waals surface area contributed by atoms with Gasteiger partial charge >= 0.3 is 0 Å². The van der Waals surface area contributed by atoms with Crippen molar-refractivity contribution in [3.63, 3.8) is 0 Å². The standard InChI is InChI=1S/C15H18ClN3OS/c1-3-6-17-9-11-8-12(16)4-5-13(11)21-15-18-10(2)7-14(20)19-15/h4-5,7-8,17H,3,6,9H2,1-2H3,(H,18,19,20). The summed E-state index contributed by atoms with van der Waals surface area (Å²) in [4.78, 5) is 19.6. The van der Waals surface area contributed by atoms with E-state index in [0.29, 0.717) is 15.9 Å². The molecule has 0 radical (unpaired) electrons. The van der Waals surface area contributed by atoms with Crippen molar-refractivity contribution < 1.29 is 0 Å². The van der Waals surface area contributed by atoms with Crippen LogP contribution in [0.3, 0.4) is 0 Å². The van der Waals surface area contributed by atoms with Gasteiger partial charge in [0.1, 0.15) is 0 Å². The van der Waals surface area contributed by atoms with Gasteiger partial charge in [0.15, 0.2) is 5.16 Å². The first kappa shape index (κ1) is 16.1. The van der Waals surface area contributed by atoms with Crippen molar-refractivity contribution in [1.29, 1.82) is 0 Å². The first-order chi connectivity index (χ1) is 10.1. The summed E-state index contributed by atoms with van der Waals surface area (Å²) < 4.78 is 0. The van der Waals surface area contributed by atoms with Crippen molar-refractivity contribution in [3.8, 4) is 0 Å². The van der Waals surface area contributed by atoms with Crippen LogP contribution in [0.5, 0.6) is 0 Å². The Morgan fingerprint density at radius 1 is 1.38 bits per heavy atom. The number of aryl methyl sites for hydroxylation is 1. The van der Waals surface area contributed by atoms with Gasteiger partial charge in [-0.05, 0) is 43.7 Å². The fraction of sp³-hybridized carbons (Fsp3) is 0.333. The lowest BCUT2D eigenvalue weighted by molar-refractivity contribution is 0.669. The number of hydrogen-bond acceptors (Lipinski definition) is 4. The smallest absolute Gasteiger partial charge is 0.251 e. The summed E-state index contributed by atoms with van der Waals surface area (Å²) in [6, 6.07) is 7.23. The predicted octanol–water partition coefficient (Wildman–Crippen LogP) is 3.38. The van der Waals surface area contributed by atoms with Crippen molar-refractivity contribution >= 4 is 23.4 Å². The van der Waals surface area contributed by atoms with Crippen molar-refractivity contribution in [1.82, 2.24) is 15.3 Å². The second-order valence-corrected chi connectivity index (χ2v) is 6.19. The molecule has 0 aliphatic carbocycles. The molecule has 1 aromatic heterocycles. The Bertz CT molecular complexity index is 672. The van der Waals surface area contributed by atoms with Crippen LogP contribution >= 0.6 is 23.4 Å². The van der Waals surface area contributed by atoms with Crippen LogP contribution in [0.15, 0.2) is 39.1 Å². The molecule has 0 aliphatic rings. The lowest BCUT2D eigenvalue weighted by Gasteiger charge is -2.10. The first-order valence-corrected chi connectivity index (χ1v) is 8.03. The van der Waals surface area contributed by atoms with Gasteiger partial charge in [0.2, 0.25) is 0 Å². The van der Waals surface area contributed by atoms with E-state index in [0.717, 1.165) is 30.0 Å². The number of H-pyrrole nitrogens is 1. The molecule has 21 heavy (non-hydrogen) atoms. The molecule has 6 heteroatoms. The normalized spacial score (nSPS) is 10.8. The Hall–Kier alpha value is -1.30. The summed E-state index contributed by atoms with van der Waals surface area (Å²) in [7, 11) is 0.